The fraction of sp³-hybridized carbons (Fsp3) is 0.125. The summed E-state index contributed by atoms with van der Waals surface area (Å²) in [5.74, 6) is -0.230. The van der Waals surface area contributed by atoms with Gasteiger partial charge in [0.1, 0.15) is 5.75 Å². The van der Waals surface area contributed by atoms with Gasteiger partial charge in [0.2, 0.25) is 0 Å². The van der Waals surface area contributed by atoms with Crippen LogP contribution in [0, 0.1) is 0 Å². The molecule has 0 aromatic heterocycles. The number of fused-ring (bicyclic) bond motifs is 1. The third-order valence-corrected chi connectivity index (χ3v) is 3.51. The van der Waals surface area contributed by atoms with Gasteiger partial charge in [0.25, 0.3) is 0 Å². The van der Waals surface area contributed by atoms with Crippen molar-refractivity contribution < 1.29 is 17.9 Å². The van der Waals surface area contributed by atoms with E-state index in [1.54, 1.807) is 24.3 Å². The average Bonchev–Trinajstić information content (AvgIpc) is 2.46. The van der Waals surface area contributed by atoms with Crippen LogP contribution in [0.15, 0.2) is 42.5 Å². The highest BCUT2D eigenvalue weighted by atomic mass is 35.5. The Balaban J connectivity index is 2.00. The molecule has 2 aromatic rings. The second-order valence-electron chi connectivity index (χ2n) is 4.80. The van der Waals surface area contributed by atoms with E-state index in [0.29, 0.717) is 22.8 Å². The summed E-state index contributed by atoms with van der Waals surface area (Å²) in [5, 5.41) is 3.72. The molecule has 114 valence electrons. The summed E-state index contributed by atoms with van der Waals surface area (Å²) in [7, 11) is 0. The zero-order valence-corrected chi connectivity index (χ0v) is 12.0. The summed E-state index contributed by atoms with van der Waals surface area (Å²) in [4.78, 5) is 0. The lowest BCUT2D eigenvalue weighted by Crippen LogP contribution is -2.21. The van der Waals surface area contributed by atoms with E-state index in [1.165, 1.54) is 12.1 Å². The Bertz CT molecular complexity index is 740. The van der Waals surface area contributed by atoms with Crippen LogP contribution in [0.2, 0.25) is 5.02 Å². The van der Waals surface area contributed by atoms with Gasteiger partial charge < -0.3 is 10.1 Å². The first-order chi connectivity index (χ1) is 10.4. The fourth-order valence-electron chi connectivity index (χ4n) is 2.34. The predicted molar refractivity (Wildman–Crippen MR) is 79.3 cm³/mol. The van der Waals surface area contributed by atoms with E-state index >= 15 is 0 Å². The second-order valence-corrected chi connectivity index (χ2v) is 5.24. The quantitative estimate of drug-likeness (QED) is 0.853. The van der Waals surface area contributed by atoms with E-state index in [4.69, 9.17) is 11.6 Å². The Morgan fingerprint density at radius 2 is 1.86 bits per heavy atom. The number of alkyl halides is 3. The Kier molecular flexibility index (Phi) is 3.74. The van der Waals surface area contributed by atoms with Crippen molar-refractivity contribution in [1.29, 1.82) is 0 Å². The number of halogens is 4. The first kappa shape index (κ1) is 14.8. The lowest BCUT2D eigenvalue weighted by atomic mass is 9.99. The van der Waals surface area contributed by atoms with Crippen LogP contribution in [-0.2, 0) is 6.54 Å². The van der Waals surface area contributed by atoms with E-state index in [0.717, 1.165) is 11.1 Å². The minimum absolute atomic E-state index is 0.230. The van der Waals surface area contributed by atoms with Crippen molar-refractivity contribution in [3.63, 3.8) is 0 Å². The summed E-state index contributed by atoms with van der Waals surface area (Å²) >= 11 is 5.93. The first-order valence-electron chi connectivity index (χ1n) is 6.51. The molecular weight excluding hydrogens is 315 g/mol. The summed E-state index contributed by atoms with van der Waals surface area (Å²) < 4.78 is 41.6. The molecular formula is C16H11ClF3NO. The molecule has 0 atom stereocenters. The summed E-state index contributed by atoms with van der Waals surface area (Å²) in [6.07, 6.45) is -2.94. The maximum absolute atomic E-state index is 12.5. The molecule has 1 N–H and O–H groups in total. The molecule has 0 radical (unpaired) electrons. The monoisotopic (exact) mass is 325 g/mol. The highest BCUT2D eigenvalue weighted by molar-refractivity contribution is 6.30. The number of para-hydroxylation sites is 1. The molecule has 0 fully saturated rings. The molecule has 0 amide bonds. The molecule has 2 aromatic carbocycles. The lowest BCUT2D eigenvalue weighted by Gasteiger charge is -2.21. The normalized spacial score (nSPS) is 13.9. The fourth-order valence-corrected chi connectivity index (χ4v) is 2.54. The minimum Gasteiger partial charge on any atom is -0.405 e. The standard InChI is InChI=1S/C16H11ClF3NO/c17-12-6-5-10-8-14(21-9-11(10)7-12)13-3-1-2-4-15(13)22-16(18,19)20/h1-8,21H,9H2. The molecule has 0 bridgehead atoms. The molecule has 0 unspecified atom stereocenters. The topological polar surface area (TPSA) is 21.3 Å². The van der Waals surface area contributed by atoms with Crippen molar-refractivity contribution in [2.75, 3.05) is 0 Å². The smallest absolute Gasteiger partial charge is 0.405 e. The van der Waals surface area contributed by atoms with Crippen LogP contribution in [0.4, 0.5) is 13.2 Å². The van der Waals surface area contributed by atoms with Gasteiger partial charge in [-0.05, 0) is 41.5 Å². The Morgan fingerprint density at radius 3 is 2.64 bits per heavy atom. The van der Waals surface area contributed by atoms with Crippen molar-refractivity contribution in [2.24, 2.45) is 0 Å². The van der Waals surface area contributed by atoms with E-state index in [-0.39, 0.29) is 5.75 Å². The van der Waals surface area contributed by atoms with Gasteiger partial charge in [-0.2, -0.15) is 0 Å². The van der Waals surface area contributed by atoms with Crippen LogP contribution >= 0.6 is 11.6 Å². The third kappa shape index (κ3) is 3.20. The highest BCUT2D eigenvalue weighted by Gasteiger charge is 2.32. The van der Waals surface area contributed by atoms with Gasteiger partial charge in [-0.1, -0.05) is 29.8 Å². The van der Waals surface area contributed by atoms with Gasteiger partial charge in [-0.25, -0.2) is 0 Å². The maximum atomic E-state index is 12.5. The molecule has 22 heavy (non-hydrogen) atoms. The molecule has 0 saturated heterocycles. The van der Waals surface area contributed by atoms with E-state index in [2.05, 4.69) is 10.1 Å². The zero-order chi connectivity index (χ0) is 15.7. The zero-order valence-electron chi connectivity index (χ0n) is 11.2. The largest absolute Gasteiger partial charge is 0.573 e. The van der Waals surface area contributed by atoms with Gasteiger partial charge in [-0.3, -0.25) is 0 Å². The van der Waals surface area contributed by atoms with Crippen LogP contribution in [0.1, 0.15) is 16.7 Å². The predicted octanol–water partition coefficient (Wildman–Crippen LogP) is 4.84. The molecule has 0 saturated carbocycles. The molecule has 2 nitrogen and oxygen atoms in total. The Morgan fingerprint density at radius 1 is 1.09 bits per heavy atom. The third-order valence-electron chi connectivity index (χ3n) is 3.28. The van der Waals surface area contributed by atoms with Crippen molar-refractivity contribution in [3.05, 3.63) is 64.2 Å². The van der Waals surface area contributed by atoms with Gasteiger partial charge in [0.05, 0.1) is 0 Å². The Labute approximate surface area is 130 Å². The van der Waals surface area contributed by atoms with Crippen molar-refractivity contribution >= 4 is 23.4 Å². The molecule has 1 aliphatic rings. The van der Waals surface area contributed by atoms with Crippen LogP contribution in [0.3, 0.4) is 0 Å². The molecule has 0 spiro atoms. The number of rotatable bonds is 2. The van der Waals surface area contributed by atoms with E-state index in [1.807, 2.05) is 12.1 Å². The van der Waals surface area contributed by atoms with Crippen LogP contribution in [-0.4, -0.2) is 6.36 Å². The highest BCUT2D eigenvalue weighted by Crippen LogP contribution is 2.33. The molecule has 0 aliphatic carbocycles. The lowest BCUT2D eigenvalue weighted by molar-refractivity contribution is -0.274. The summed E-state index contributed by atoms with van der Waals surface area (Å²) in [6.45, 7) is 0.488. The van der Waals surface area contributed by atoms with Gasteiger partial charge in [-0.15, -0.1) is 13.2 Å². The van der Waals surface area contributed by atoms with Crippen LogP contribution in [0.25, 0.3) is 11.8 Å². The van der Waals surface area contributed by atoms with Crippen LogP contribution in [0.5, 0.6) is 5.75 Å². The molecule has 1 heterocycles. The number of hydrogen-bond acceptors (Lipinski definition) is 2. The van der Waals surface area contributed by atoms with Gasteiger partial charge in [0, 0.05) is 22.8 Å². The van der Waals surface area contributed by atoms with Crippen molar-refractivity contribution in [3.8, 4) is 5.75 Å². The SMILES string of the molecule is FC(F)(F)Oc1ccccc1C1=Cc2ccc(Cl)cc2CN1. The summed E-state index contributed by atoms with van der Waals surface area (Å²) in [5.41, 5.74) is 2.85. The van der Waals surface area contributed by atoms with Gasteiger partial charge in [0.15, 0.2) is 0 Å². The molecule has 3 rings (SSSR count). The van der Waals surface area contributed by atoms with Gasteiger partial charge >= 0.3 is 6.36 Å². The van der Waals surface area contributed by atoms with Crippen molar-refractivity contribution in [2.45, 2.75) is 12.9 Å². The molecule has 6 heteroatoms. The number of ether oxygens (including phenoxy) is 1. The minimum atomic E-state index is -4.73. The number of benzene rings is 2. The number of hydrogen-bond donors (Lipinski definition) is 1. The first-order valence-corrected chi connectivity index (χ1v) is 6.89. The summed E-state index contributed by atoms with van der Waals surface area (Å²) in [6, 6.07) is 11.5. The Hall–Kier alpha value is -2.14. The molecule has 1 aliphatic heterocycles. The number of nitrogens with one attached hydrogen (secondary N) is 1. The van der Waals surface area contributed by atoms with Crippen molar-refractivity contribution in [1.82, 2.24) is 5.32 Å². The van der Waals surface area contributed by atoms with E-state index < -0.39 is 6.36 Å². The maximum Gasteiger partial charge on any atom is 0.573 e. The van der Waals surface area contributed by atoms with E-state index in [9.17, 15) is 13.2 Å². The van der Waals surface area contributed by atoms with Crippen LogP contribution < -0.4 is 10.1 Å². The average molecular weight is 326 g/mol. The second kappa shape index (κ2) is 5.57.